The number of morpholine rings is 1. The van der Waals surface area contributed by atoms with Crippen LogP contribution in [0.3, 0.4) is 0 Å². The largest absolute Gasteiger partial charge is 0.367 e. The van der Waals surface area contributed by atoms with E-state index in [2.05, 4.69) is 36.1 Å². The van der Waals surface area contributed by atoms with Crippen LogP contribution in [0.1, 0.15) is 28.9 Å². The van der Waals surface area contributed by atoms with Crippen molar-refractivity contribution in [2.24, 2.45) is 0 Å². The van der Waals surface area contributed by atoms with Gasteiger partial charge in [-0.25, -0.2) is 0 Å². The molecule has 0 unspecified atom stereocenters. The molecule has 0 N–H and O–H groups in total. The molecule has 0 bridgehead atoms. The molecule has 0 saturated carbocycles. The molecule has 1 aliphatic heterocycles. The lowest BCUT2D eigenvalue weighted by molar-refractivity contribution is -0.0283. The molecule has 0 aliphatic carbocycles. The summed E-state index contributed by atoms with van der Waals surface area (Å²) in [5, 5.41) is 0. The van der Waals surface area contributed by atoms with Gasteiger partial charge in [0, 0.05) is 24.7 Å². The van der Waals surface area contributed by atoms with E-state index in [4.69, 9.17) is 4.74 Å². The van der Waals surface area contributed by atoms with Gasteiger partial charge in [-0.2, -0.15) is 0 Å². The Morgan fingerprint density at radius 3 is 2.41 bits per heavy atom. The zero-order chi connectivity index (χ0) is 15.4. The van der Waals surface area contributed by atoms with Crippen LogP contribution >= 0.6 is 0 Å². The Morgan fingerprint density at radius 2 is 1.73 bits per heavy atom. The van der Waals surface area contributed by atoms with Crippen molar-refractivity contribution in [1.82, 2.24) is 4.90 Å². The van der Waals surface area contributed by atoms with Gasteiger partial charge in [-0.05, 0) is 12.5 Å². The van der Waals surface area contributed by atoms with Gasteiger partial charge in [0.1, 0.15) is 6.10 Å². The first-order valence-electron chi connectivity index (χ1n) is 7.75. The second-order valence-electron chi connectivity index (χ2n) is 5.67. The van der Waals surface area contributed by atoms with Crippen molar-refractivity contribution < 1.29 is 9.53 Å². The Labute approximate surface area is 131 Å². The van der Waals surface area contributed by atoms with E-state index in [9.17, 15) is 4.79 Å². The summed E-state index contributed by atoms with van der Waals surface area (Å²) in [6, 6.07) is 20.1. The number of nitrogens with zero attached hydrogens (tertiary/aromatic N) is 1. The van der Waals surface area contributed by atoms with Gasteiger partial charge < -0.3 is 4.74 Å². The van der Waals surface area contributed by atoms with Crippen molar-refractivity contribution in [1.29, 1.82) is 0 Å². The molecule has 114 valence electrons. The van der Waals surface area contributed by atoms with Gasteiger partial charge >= 0.3 is 0 Å². The summed E-state index contributed by atoms with van der Waals surface area (Å²) in [6.45, 7) is 4.28. The van der Waals surface area contributed by atoms with Crippen LogP contribution in [-0.4, -0.2) is 36.5 Å². The summed E-state index contributed by atoms with van der Waals surface area (Å²) in [5.41, 5.74) is 2.00. The van der Waals surface area contributed by atoms with E-state index in [-0.39, 0.29) is 17.9 Å². The van der Waals surface area contributed by atoms with Gasteiger partial charge in [-0.1, -0.05) is 60.7 Å². The van der Waals surface area contributed by atoms with Crippen molar-refractivity contribution in [2.75, 3.05) is 19.7 Å². The Morgan fingerprint density at radius 1 is 1.09 bits per heavy atom. The number of Topliss-reactive ketones (excluding diaryl/α,β-unsaturated/α-hetero) is 1. The monoisotopic (exact) mass is 295 g/mol. The fraction of sp³-hybridized carbons (Fsp3) is 0.316. The molecule has 1 aliphatic rings. The zero-order valence-corrected chi connectivity index (χ0v) is 12.8. The molecule has 0 radical (unpaired) electrons. The van der Waals surface area contributed by atoms with Crippen molar-refractivity contribution in [2.45, 2.75) is 19.1 Å². The lowest BCUT2D eigenvalue weighted by Crippen LogP contribution is -2.46. The molecule has 2 atom stereocenters. The minimum absolute atomic E-state index is 0.0746. The molecule has 1 heterocycles. The van der Waals surface area contributed by atoms with E-state index < -0.39 is 0 Å². The maximum Gasteiger partial charge on any atom is 0.192 e. The van der Waals surface area contributed by atoms with Crippen LogP contribution in [0.25, 0.3) is 0 Å². The number of carbonyl (C=O) groups excluding carboxylic acids is 1. The molecule has 1 fully saturated rings. The molecule has 3 rings (SSSR count). The van der Waals surface area contributed by atoms with Crippen LogP contribution in [0.5, 0.6) is 0 Å². The molecule has 0 spiro atoms. The van der Waals surface area contributed by atoms with Crippen LogP contribution in [-0.2, 0) is 4.74 Å². The fourth-order valence-electron chi connectivity index (χ4n) is 2.91. The molecule has 3 nitrogen and oxygen atoms in total. The van der Waals surface area contributed by atoms with Gasteiger partial charge in [0.05, 0.1) is 6.61 Å². The summed E-state index contributed by atoms with van der Waals surface area (Å²) < 4.78 is 5.72. The average Bonchev–Trinajstić information content (AvgIpc) is 2.62. The highest BCUT2D eigenvalue weighted by Crippen LogP contribution is 2.23. The third-order valence-electron chi connectivity index (χ3n) is 4.28. The third-order valence-corrected chi connectivity index (χ3v) is 4.28. The summed E-state index contributed by atoms with van der Waals surface area (Å²) in [6.07, 6.45) is -0.373. The number of hydrogen-bond donors (Lipinski definition) is 0. The number of benzene rings is 2. The lowest BCUT2D eigenvalue weighted by Gasteiger charge is -2.36. The highest BCUT2D eigenvalue weighted by molar-refractivity contribution is 5.99. The van der Waals surface area contributed by atoms with Gasteiger partial charge in [-0.3, -0.25) is 9.69 Å². The van der Waals surface area contributed by atoms with Gasteiger partial charge in [-0.15, -0.1) is 0 Å². The number of carbonyl (C=O) groups is 1. The van der Waals surface area contributed by atoms with Crippen molar-refractivity contribution in [3.8, 4) is 0 Å². The quantitative estimate of drug-likeness (QED) is 0.810. The maximum absolute atomic E-state index is 12.6. The number of ketones is 1. The highest BCUT2D eigenvalue weighted by atomic mass is 16.5. The third kappa shape index (κ3) is 3.26. The number of hydrogen-bond acceptors (Lipinski definition) is 3. The predicted octanol–water partition coefficient (Wildman–Crippen LogP) is 3.33. The molecule has 22 heavy (non-hydrogen) atoms. The van der Waals surface area contributed by atoms with Crippen molar-refractivity contribution in [3.05, 3.63) is 71.8 Å². The Hall–Kier alpha value is -1.97. The zero-order valence-electron chi connectivity index (χ0n) is 12.8. The number of ether oxygens (including phenoxy) is 1. The van der Waals surface area contributed by atoms with E-state index >= 15 is 0 Å². The molecule has 0 aromatic heterocycles. The first-order chi connectivity index (χ1) is 10.8. The molecule has 2 aromatic carbocycles. The molecular formula is C19H21NO2. The summed E-state index contributed by atoms with van der Waals surface area (Å²) in [4.78, 5) is 14.9. The second-order valence-corrected chi connectivity index (χ2v) is 5.67. The minimum Gasteiger partial charge on any atom is -0.367 e. The highest BCUT2D eigenvalue weighted by Gasteiger charge is 2.29. The average molecular weight is 295 g/mol. The summed E-state index contributed by atoms with van der Waals surface area (Å²) >= 11 is 0. The Balaban J connectivity index is 1.70. The van der Waals surface area contributed by atoms with Crippen LogP contribution in [0, 0.1) is 0 Å². The summed E-state index contributed by atoms with van der Waals surface area (Å²) in [7, 11) is 0. The molecule has 0 amide bonds. The van der Waals surface area contributed by atoms with Gasteiger partial charge in [0.25, 0.3) is 0 Å². The van der Waals surface area contributed by atoms with Crippen LogP contribution in [0.4, 0.5) is 0 Å². The van der Waals surface area contributed by atoms with E-state index in [1.54, 1.807) is 0 Å². The first-order valence-corrected chi connectivity index (χ1v) is 7.75. The molecular weight excluding hydrogens is 274 g/mol. The SMILES string of the molecule is C[C@H](c1ccccc1)N1CCO[C@H](C(=O)c2ccccc2)C1. The van der Waals surface area contributed by atoms with Gasteiger partial charge in [0.15, 0.2) is 5.78 Å². The van der Waals surface area contributed by atoms with Gasteiger partial charge in [0.2, 0.25) is 0 Å². The topological polar surface area (TPSA) is 29.5 Å². The van der Waals surface area contributed by atoms with Crippen molar-refractivity contribution >= 4 is 5.78 Å². The van der Waals surface area contributed by atoms with Crippen LogP contribution in [0.15, 0.2) is 60.7 Å². The number of rotatable bonds is 4. The van der Waals surface area contributed by atoms with E-state index in [1.807, 2.05) is 36.4 Å². The smallest absolute Gasteiger partial charge is 0.192 e. The normalized spacial score (nSPS) is 20.5. The predicted molar refractivity (Wildman–Crippen MR) is 86.9 cm³/mol. The fourth-order valence-corrected chi connectivity index (χ4v) is 2.91. The van der Waals surface area contributed by atoms with Crippen LogP contribution in [0.2, 0.25) is 0 Å². The Bertz CT molecular complexity index is 612. The van der Waals surface area contributed by atoms with Crippen molar-refractivity contribution in [3.63, 3.8) is 0 Å². The standard InChI is InChI=1S/C19H21NO2/c1-15(16-8-4-2-5-9-16)20-12-13-22-18(14-20)19(21)17-10-6-3-7-11-17/h2-11,15,18H,12-14H2,1H3/t15-,18+/m1/s1. The van der Waals surface area contributed by atoms with E-state index in [0.717, 1.165) is 12.1 Å². The Kier molecular flexibility index (Phi) is 4.66. The second kappa shape index (κ2) is 6.86. The lowest BCUT2D eigenvalue weighted by atomic mass is 10.0. The molecule has 1 saturated heterocycles. The molecule has 3 heteroatoms. The summed E-state index contributed by atoms with van der Waals surface area (Å²) in [5.74, 6) is 0.0746. The van der Waals surface area contributed by atoms with E-state index in [1.165, 1.54) is 5.56 Å². The van der Waals surface area contributed by atoms with Crippen LogP contribution < -0.4 is 0 Å². The maximum atomic E-state index is 12.6. The molecule has 2 aromatic rings. The van der Waals surface area contributed by atoms with E-state index in [0.29, 0.717) is 13.2 Å². The first kappa shape index (κ1) is 14.9. The minimum atomic E-state index is -0.373.